The molecule has 3 aromatic heterocycles. The largest absolute Gasteiger partial charge is 0.497 e. The Bertz CT molecular complexity index is 1330. The van der Waals surface area contributed by atoms with Crippen molar-refractivity contribution in [3.05, 3.63) is 70.4 Å². The van der Waals surface area contributed by atoms with Gasteiger partial charge >= 0.3 is 5.63 Å². The molecule has 0 amide bonds. The Kier molecular flexibility index (Phi) is 3.54. The zero-order chi connectivity index (χ0) is 18.4. The number of nitrogens with zero attached hydrogens (tertiary/aromatic N) is 3. The molecule has 0 unspecified atom stereocenters. The third-order valence-corrected chi connectivity index (χ3v) is 5.16. The predicted octanol–water partition coefficient (Wildman–Crippen LogP) is 4.24. The zero-order valence-electron chi connectivity index (χ0n) is 14.2. The summed E-state index contributed by atoms with van der Waals surface area (Å²) in [6.07, 6.45) is 0. The minimum atomic E-state index is -0.394. The van der Waals surface area contributed by atoms with E-state index in [1.54, 1.807) is 17.7 Å². The van der Waals surface area contributed by atoms with E-state index < -0.39 is 5.63 Å². The molecule has 0 N–H and O–H groups in total. The van der Waals surface area contributed by atoms with Crippen molar-refractivity contribution >= 4 is 27.3 Å². The molecule has 0 saturated carbocycles. The van der Waals surface area contributed by atoms with Crippen LogP contribution in [0.4, 0.5) is 0 Å². The lowest BCUT2D eigenvalue weighted by atomic mass is 10.1. The van der Waals surface area contributed by atoms with Gasteiger partial charge in [-0.25, -0.2) is 9.31 Å². The van der Waals surface area contributed by atoms with Gasteiger partial charge in [-0.05, 0) is 36.4 Å². The fraction of sp³-hybridized carbons (Fsp3) is 0.0500. The molecule has 27 heavy (non-hydrogen) atoms. The van der Waals surface area contributed by atoms with Crippen molar-refractivity contribution in [2.45, 2.75) is 0 Å². The maximum atomic E-state index is 12.5. The van der Waals surface area contributed by atoms with Gasteiger partial charge in [-0.1, -0.05) is 18.2 Å². The molecule has 0 atom stereocenters. The maximum absolute atomic E-state index is 12.5. The van der Waals surface area contributed by atoms with Gasteiger partial charge in [0.15, 0.2) is 5.82 Å². The molecule has 132 valence electrons. The average molecular weight is 375 g/mol. The first kappa shape index (κ1) is 15.8. The molecule has 0 radical (unpaired) electrons. The van der Waals surface area contributed by atoms with E-state index in [4.69, 9.17) is 9.15 Å². The van der Waals surface area contributed by atoms with Gasteiger partial charge in [0.1, 0.15) is 11.3 Å². The predicted molar refractivity (Wildman–Crippen MR) is 104 cm³/mol. The number of aromatic nitrogens is 3. The Morgan fingerprint density at radius 1 is 1.11 bits per heavy atom. The zero-order valence-corrected chi connectivity index (χ0v) is 15.1. The minimum absolute atomic E-state index is 0.394. The highest BCUT2D eigenvalue weighted by Gasteiger charge is 2.16. The first-order valence-corrected chi connectivity index (χ1v) is 9.13. The van der Waals surface area contributed by atoms with Gasteiger partial charge in [-0.3, -0.25) is 0 Å². The molecule has 5 aromatic rings. The Hall–Kier alpha value is -3.45. The molecule has 6 nitrogen and oxygen atoms in total. The van der Waals surface area contributed by atoms with Gasteiger partial charge in [0.2, 0.25) is 4.96 Å². The molecule has 5 rings (SSSR count). The smallest absolute Gasteiger partial charge is 0.345 e. The fourth-order valence-electron chi connectivity index (χ4n) is 2.97. The van der Waals surface area contributed by atoms with Crippen molar-refractivity contribution in [2.24, 2.45) is 0 Å². The lowest BCUT2D eigenvalue weighted by Crippen LogP contribution is -2.04. The average Bonchev–Trinajstić information content (AvgIpc) is 3.28. The van der Waals surface area contributed by atoms with Crippen LogP contribution in [0.5, 0.6) is 5.75 Å². The molecule has 2 aromatic carbocycles. The highest BCUT2D eigenvalue weighted by Crippen LogP contribution is 2.28. The summed E-state index contributed by atoms with van der Waals surface area (Å²) in [7, 11) is 1.63. The molecule has 0 aliphatic rings. The normalized spacial score (nSPS) is 11.3. The van der Waals surface area contributed by atoms with Crippen molar-refractivity contribution in [3.63, 3.8) is 0 Å². The van der Waals surface area contributed by atoms with Crippen LogP contribution >= 0.6 is 11.3 Å². The number of thiazole rings is 1. The number of rotatable bonds is 3. The number of benzene rings is 2. The van der Waals surface area contributed by atoms with Crippen molar-refractivity contribution in [1.29, 1.82) is 0 Å². The standard InChI is InChI=1S/C20H13N3O3S/c1-25-14-8-6-12(7-9-14)18-21-20-23(22-18)16(11-27-20)15-10-13-4-2-3-5-17(13)26-19(15)24/h2-11H,1H3. The highest BCUT2D eigenvalue weighted by molar-refractivity contribution is 7.15. The number of methoxy groups -OCH3 is 1. The molecule has 0 spiro atoms. The Balaban J connectivity index is 1.65. The van der Waals surface area contributed by atoms with Crippen LogP contribution in [0.15, 0.2) is 69.2 Å². The summed E-state index contributed by atoms with van der Waals surface area (Å²) in [4.78, 5) is 17.8. The van der Waals surface area contributed by atoms with Gasteiger partial charge < -0.3 is 9.15 Å². The molecule has 0 aliphatic carbocycles. The maximum Gasteiger partial charge on any atom is 0.345 e. The first-order chi connectivity index (χ1) is 13.2. The van der Waals surface area contributed by atoms with Crippen molar-refractivity contribution in [2.75, 3.05) is 7.11 Å². The van der Waals surface area contributed by atoms with Crippen molar-refractivity contribution < 1.29 is 9.15 Å². The molecule has 0 aliphatic heterocycles. The summed E-state index contributed by atoms with van der Waals surface area (Å²) in [5, 5.41) is 7.32. The summed E-state index contributed by atoms with van der Waals surface area (Å²) < 4.78 is 12.3. The minimum Gasteiger partial charge on any atom is -0.497 e. The molecular formula is C20H13N3O3S. The third-order valence-electron chi connectivity index (χ3n) is 4.35. The van der Waals surface area contributed by atoms with Crippen LogP contribution in [0, 0.1) is 0 Å². The van der Waals surface area contributed by atoms with Crippen LogP contribution in [-0.4, -0.2) is 21.7 Å². The van der Waals surface area contributed by atoms with Gasteiger partial charge in [-0.15, -0.1) is 16.4 Å². The Labute approximate surface area is 157 Å². The number of fused-ring (bicyclic) bond motifs is 2. The second-order valence-corrected chi connectivity index (χ2v) is 6.80. The summed E-state index contributed by atoms with van der Waals surface area (Å²) in [6, 6.07) is 16.8. The van der Waals surface area contributed by atoms with Crippen LogP contribution in [0.2, 0.25) is 0 Å². The van der Waals surface area contributed by atoms with Crippen LogP contribution < -0.4 is 10.4 Å². The monoisotopic (exact) mass is 375 g/mol. The summed E-state index contributed by atoms with van der Waals surface area (Å²) in [5.74, 6) is 1.37. The lowest BCUT2D eigenvalue weighted by Gasteiger charge is -2.01. The quantitative estimate of drug-likeness (QED) is 0.441. The topological polar surface area (TPSA) is 69.6 Å². The summed E-state index contributed by atoms with van der Waals surface area (Å²) >= 11 is 1.43. The van der Waals surface area contributed by atoms with E-state index in [-0.39, 0.29) is 0 Å². The molecular weight excluding hydrogens is 362 g/mol. The molecule has 3 heterocycles. The number of hydrogen-bond donors (Lipinski definition) is 0. The van der Waals surface area contributed by atoms with Crippen LogP contribution in [-0.2, 0) is 0 Å². The summed E-state index contributed by atoms with van der Waals surface area (Å²) in [5.41, 5.74) is 2.18. The van der Waals surface area contributed by atoms with Crippen LogP contribution in [0.3, 0.4) is 0 Å². The lowest BCUT2D eigenvalue weighted by molar-refractivity contribution is 0.415. The summed E-state index contributed by atoms with van der Waals surface area (Å²) in [6.45, 7) is 0. The van der Waals surface area contributed by atoms with Gasteiger partial charge in [-0.2, -0.15) is 4.98 Å². The van der Waals surface area contributed by atoms with Gasteiger partial charge in [0.05, 0.1) is 18.4 Å². The molecule has 0 fully saturated rings. The van der Waals surface area contributed by atoms with E-state index in [2.05, 4.69) is 10.1 Å². The molecule has 0 bridgehead atoms. The van der Waals surface area contributed by atoms with E-state index in [0.717, 1.165) is 16.7 Å². The van der Waals surface area contributed by atoms with Crippen LogP contribution in [0.25, 0.3) is 38.6 Å². The number of hydrogen-bond acceptors (Lipinski definition) is 6. The van der Waals surface area contributed by atoms with Crippen molar-refractivity contribution in [3.8, 4) is 28.4 Å². The van der Waals surface area contributed by atoms with Crippen LogP contribution in [0.1, 0.15) is 0 Å². The van der Waals surface area contributed by atoms with E-state index in [0.29, 0.717) is 27.6 Å². The van der Waals surface area contributed by atoms with Crippen molar-refractivity contribution in [1.82, 2.24) is 14.6 Å². The first-order valence-electron chi connectivity index (χ1n) is 8.25. The number of ether oxygens (including phenoxy) is 1. The van der Waals surface area contributed by atoms with Gasteiger partial charge in [0, 0.05) is 16.3 Å². The Morgan fingerprint density at radius 3 is 2.74 bits per heavy atom. The molecule has 0 saturated heterocycles. The SMILES string of the molecule is COc1ccc(-c2nc3scc(-c4cc5ccccc5oc4=O)n3n2)cc1. The number of para-hydroxylation sites is 1. The van der Waals surface area contributed by atoms with Gasteiger partial charge in [0.25, 0.3) is 0 Å². The third kappa shape index (κ3) is 2.60. The second-order valence-electron chi connectivity index (χ2n) is 5.96. The highest BCUT2D eigenvalue weighted by atomic mass is 32.1. The molecule has 7 heteroatoms. The van der Waals surface area contributed by atoms with E-state index >= 15 is 0 Å². The van der Waals surface area contributed by atoms with E-state index in [1.807, 2.05) is 53.9 Å². The fourth-order valence-corrected chi connectivity index (χ4v) is 3.79. The van der Waals surface area contributed by atoms with E-state index in [1.165, 1.54) is 11.3 Å². The van der Waals surface area contributed by atoms with E-state index in [9.17, 15) is 4.79 Å². The second kappa shape index (κ2) is 6.07. The Morgan fingerprint density at radius 2 is 1.93 bits per heavy atom.